The molecule has 0 aromatic rings. The average molecular weight is 234 g/mol. The molecule has 2 rings (SSSR count). The fraction of sp³-hybridized carbons (Fsp3) is 1.00. The Kier molecular flexibility index (Phi) is 3.22. The molecule has 2 aliphatic heterocycles. The number of hydrogen-bond donors (Lipinski definition) is 2. The van der Waals surface area contributed by atoms with Crippen LogP contribution in [0.15, 0.2) is 0 Å². The maximum absolute atomic E-state index is 9.58. The molecular formula is C10H18O6. The normalized spacial score (nSPS) is 43.3. The molecule has 0 radical (unpaired) electrons. The molecule has 0 amide bonds. The van der Waals surface area contributed by atoms with Gasteiger partial charge in [0.1, 0.15) is 24.4 Å². The third-order valence-corrected chi connectivity index (χ3v) is 2.87. The van der Waals surface area contributed by atoms with Crippen molar-refractivity contribution in [3.63, 3.8) is 0 Å². The Labute approximate surface area is 94.1 Å². The second kappa shape index (κ2) is 4.21. The lowest BCUT2D eigenvalue weighted by atomic mass is 10.1. The van der Waals surface area contributed by atoms with Gasteiger partial charge in [0.05, 0.1) is 6.61 Å². The highest BCUT2D eigenvalue weighted by Gasteiger charge is 2.56. The summed E-state index contributed by atoms with van der Waals surface area (Å²) in [4.78, 5) is 0. The van der Waals surface area contributed by atoms with E-state index in [4.69, 9.17) is 24.1 Å². The standard InChI is InChI=1S/C10H18O6/c1-10(2)15-8-7(13-3)6(5(12)4-11)14-9(8)16-10/h5-9,11-12H,4H2,1-3H3/t5?,6-,7-,8?,9-/m1/s1. The first-order chi connectivity index (χ1) is 7.48. The monoisotopic (exact) mass is 234 g/mol. The summed E-state index contributed by atoms with van der Waals surface area (Å²) in [7, 11) is 1.52. The molecule has 0 aromatic carbocycles. The summed E-state index contributed by atoms with van der Waals surface area (Å²) in [5.41, 5.74) is 0. The van der Waals surface area contributed by atoms with Crippen LogP contribution < -0.4 is 0 Å². The van der Waals surface area contributed by atoms with Gasteiger partial charge >= 0.3 is 0 Å². The van der Waals surface area contributed by atoms with Gasteiger partial charge in [-0.05, 0) is 13.8 Å². The molecule has 2 unspecified atom stereocenters. The van der Waals surface area contributed by atoms with Crippen LogP contribution in [-0.2, 0) is 18.9 Å². The van der Waals surface area contributed by atoms with Gasteiger partial charge in [-0.15, -0.1) is 0 Å². The van der Waals surface area contributed by atoms with Gasteiger partial charge in [-0.2, -0.15) is 0 Å². The van der Waals surface area contributed by atoms with E-state index in [9.17, 15) is 5.11 Å². The van der Waals surface area contributed by atoms with Crippen molar-refractivity contribution in [2.45, 2.75) is 50.3 Å². The third kappa shape index (κ3) is 1.97. The summed E-state index contributed by atoms with van der Waals surface area (Å²) in [5.74, 6) is -0.707. The van der Waals surface area contributed by atoms with Crippen molar-refractivity contribution in [3.8, 4) is 0 Å². The first-order valence-corrected chi connectivity index (χ1v) is 5.31. The van der Waals surface area contributed by atoms with Crippen molar-refractivity contribution in [2.75, 3.05) is 13.7 Å². The number of fused-ring (bicyclic) bond motifs is 1. The number of methoxy groups -OCH3 is 1. The van der Waals surface area contributed by atoms with E-state index >= 15 is 0 Å². The van der Waals surface area contributed by atoms with Crippen LogP contribution in [-0.4, -0.2) is 60.4 Å². The molecule has 0 bridgehead atoms. The smallest absolute Gasteiger partial charge is 0.190 e. The number of hydrogen-bond acceptors (Lipinski definition) is 6. The third-order valence-electron chi connectivity index (χ3n) is 2.87. The number of ether oxygens (including phenoxy) is 4. The topological polar surface area (TPSA) is 77.4 Å². The minimum absolute atomic E-state index is 0.369. The predicted molar refractivity (Wildman–Crippen MR) is 52.6 cm³/mol. The van der Waals surface area contributed by atoms with E-state index in [0.717, 1.165) is 0 Å². The van der Waals surface area contributed by atoms with Crippen molar-refractivity contribution in [1.82, 2.24) is 0 Å². The van der Waals surface area contributed by atoms with Crippen LogP contribution in [0.4, 0.5) is 0 Å². The Balaban J connectivity index is 2.09. The van der Waals surface area contributed by atoms with E-state index in [-0.39, 0.29) is 12.7 Å². The van der Waals surface area contributed by atoms with Gasteiger partial charge in [0, 0.05) is 7.11 Å². The Hall–Kier alpha value is -0.240. The summed E-state index contributed by atoms with van der Waals surface area (Å²) in [6.07, 6.45) is -2.97. The highest BCUT2D eigenvalue weighted by Crippen LogP contribution is 2.39. The van der Waals surface area contributed by atoms with E-state index in [0.29, 0.717) is 0 Å². The summed E-state index contributed by atoms with van der Waals surface area (Å²) in [6.45, 7) is 3.20. The van der Waals surface area contributed by atoms with E-state index < -0.39 is 30.4 Å². The molecule has 2 N–H and O–H groups in total. The highest BCUT2D eigenvalue weighted by atomic mass is 16.8. The summed E-state index contributed by atoms with van der Waals surface area (Å²) < 4.78 is 21.9. The molecule has 6 nitrogen and oxygen atoms in total. The van der Waals surface area contributed by atoms with Gasteiger partial charge in [-0.3, -0.25) is 0 Å². The molecule has 2 fully saturated rings. The maximum Gasteiger partial charge on any atom is 0.190 e. The van der Waals surface area contributed by atoms with Gasteiger partial charge in [0.15, 0.2) is 12.1 Å². The Morgan fingerprint density at radius 2 is 2.06 bits per heavy atom. The molecule has 0 saturated carbocycles. The van der Waals surface area contributed by atoms with Crippen molar-refractivity contribution < 1.29 is 29.2 Å². The zero-order chi connectivity index (χ0) is 11.9. The SMILES string of the molecule is CO[C@H]1C2OC(C)(C)O[C@H]2O[C@@H]1C(O)CO. The number of rotatable bonds is 3. The fourth-order valence-electron chi connectivity index (χ4n) is 2.19. The predicted octanol–water partition coefficient (Wildman–Crippen LogP) is -0.769. The van der Waals surface area contributed by atoms with Crippen molar-refractivity contribution in [2.24, 2.45) is 0 Å². The molecule has 2 aliphatic rings. The van der Waals surface area contributed by atoms with Crippen LogP contribution in [0, 0.1) is 0 Å². The Bertz CT molecular complexity index is 256. The van der Waals surface area contributed by atoms with Crippen LogP contribution in [0.5, 0.6) is 0 Å². The van der Waals surface area contributed by atoms with Crippen LogP contribution in [0.3, 0.4) is 0 Å². The van der Waals surface area contributed by atoms with Gasteiger partial charge < -0.3 is 29.2 Å². The second-order valence-electron chi connectivity index (χ2n) is 4.52. The molecule has 0 spiro atoms. The van der Waals surface area contributed by atoms with Crippen LogP contribution >= 0.6 is 0 Å². The Morgan fingerprint density at radius 1 is 1.38 bits per heavy atom. The molecule has 16 heavy (non-hydrogen) atoms. The summed E-state index contributed by atoms with van der Waals surface area (Å²) in [6, 6.07) is 0. The average Bonchev–Trinajstić information content (AvgIpc) is 2.68. The first kappa shape index (κ1) is 12.2. The number of aliphatic hydroxyl groups is 2. The first-order valence-electron chi connectivity index (χ1n) is 5.31. The zero-order valence-electron chi connectivity index (χ0n) is 9.62. The largest absolute Gasteiger partial charge is 0.394 e. The quantitative estimate of drug-likeness (QED) is 0.668. The Morgan fingerprint density at radius 3 is 2.62 bits per heavy atom. The molecule has 5 atom stereocenters. The molecule has 2 heterocycles. The van der Waals surface area contributed by atoms with Crippen LogP contribution in [0.2, 0.25) is 0 Å². The van der Waals surface area contributed by atoms with Crippen molar-refractivity contribution in [1.29, 1.82) is 0 Å². The van der Waals surface area contributed by atoms with Gasteiger partial charge in [-0.1, -0.05) is 0 Å². The van der Waals surface area contributed by atoms with E-state index in [1.165, 1.54) is 7.11 Å². The van der Waals surface area contributed by atoms with E-state index in [1.54, 1.807) is 13.8 Å². The van der Waals surface area contributed by atoms with Crippen molar-refractivity contribution >= 4 is 0 Å². The van der Waals surface area contributed by atoms with E-state index in [1.807, 2.05) is 0 Å². The molecule has 6 heteroatoms. The maximum atomic E-state index is 9.58. The minimum atomic E-state index is -0.995. The lowest BCUT2D eigenvalue weighted by molar-refractivity contribution is -0.229. The van der Waals surface area contributed by atoms with Gasteiger partial charge in [0.2, 0.25) is 0 Å². The molecule has 2 saturated heterocycles. The van der Waals surface area contributed by atoms with E-state index in [2.05, 4.69) is 0 Å². The second-order valence-corrected chi connectivity index (χ2v) is 4.52. The number of aliphatic hydroxyl groups excluding tert-OH is 2. The van der Waals surface area contributed by atoms with Crippen LogP contribution in [0.25, 0.3) is 0 Å². The molecule has 0 aliphatic carbocycles. The van der Waals surface area contributed by atoms with Gasteiger partial charge in [-0.25, -0.2) is 0 Å². The minimum Gasteiger partial charge on any atom is -0.394 e. The highest BCUT2D eigenvalue weighted by molar-refractivity contribution is 4.96. The summed E-state index contributed by atoms with van der Waals surface area (Å²) in [5, 5.41) is 18.5. The van der Waals surface area contributed by atoms with Crippen LogP contribution in [0.1, 0.15) is 13.8 Å². The molecule has 94 valence electrons. The molecular weight excluding hydrogens is 216 g/mol. The lowest BCUT2D eigenvalue weighted by Gasteiger charge is -2.26. The zero-order valence-corrected chi connectivity index (χ0v) is 9.62. The molecule has 0 aromatic heterocycles. The lowest BCUT2D eigenvalue weighted by Crippen LogP contribution is -2.43. The van der Waals surface area contributed by atoms with Crippen molar-refractivity contribution in [3.05, 3.63) is 0 Å². The van der Waals surface area contributed by atoms with Gasteiger partial charge in [0.25, 0.3) is 0 Å². The fourth-order valence-corrected chi connectivity index (χ4v) is 2.19. The summed E-state index contributed by atoms with van der Waals surface area (Å²) >= 11 is 0.